The highest BCUT2D eigenvalue weighted by Gasteiger charge is 2.17. The first-order valence-electron chi connectivity index (χ1n) is 5.57. The number of hydrogen-bond acceptors (Lipinski definition) is 4. The lowest BCUT2D eigenvalue weighted by molar-refractivity contribution is -0.137. The summed E-state index contributed by atoms with van der Waals surface area (Å²) in [4.78, 5) is 21.7. The number of benzene rings is 1. The summed E-state index contributed by atoms with van der Waals surface area (Å²) in [5, 5.41) is 11.3. The Balaban J connectivity index is 2.08. The SMILES string of the molecule is NC(CC(=O)O)Cc1ccc2c(c1)NC(=O)CO2. The molecule has 1 aromatic rings. The average Bonchev–Trinajstić information content (AvgIpc) is 2.27. The van der Waals surface area contributed by atoms with E-state index in [-0.39, 0.29) is 18.9 Å². The number of fused-ring (bicyclic) bond motifs is 1. The van der Waals surface area contributed by atoms with Gasteiger partial charge in [0.15, 0.2) is 6.61 Å². The van der Waals surface area contributed by atoms with Crippen molar-refractivity contribution in [2.75, 3.05) is 11.9 Å². The number of nitrogens with one attached hydrogen (secondary N) is 1. The van der Waals surface area contributed by atoms with Crippen LogP contribution in [0.5, 0.6) is 5.75 Å². The van der Waals surface area contributed by atoms with Gasteiger partial charge in [0, 0.05) is 6.04 Å². The summed E-state index contributed by atoms with van der Waals surface area (Å²) >= 11 is 0. The molecule has 0 aromatic heterocycles. The van der Waals surface area contributed by atoms with Gasteiger partial charge in [-0.2, -0.15) is 0 Å². The second-order valence-corrected chi connectivity index (χ2v) is 4.23. The third-order valence-corrected chi connectivity index (χ3v) is 2.61. The minimum absolute atomic E-state index is 0.0187. The van der Waals surface area contributed by atoms with Crippen LogP contribution in [-0.2, 0) is 16.0 Å². The number of hydrogen-bond donors (Lipinski definition) is 3. The summed E-state index contributed by atoms with van der Waals surface area (Å²) in [6.45, 7) is 0.0187. The van der Waals surface area contributed by atoms with Crippen molar-refractivity contribution in [2.45, 2.75) is 18.9 Å². The number of anilines is 1. The van der Waals surface area contributed by atoms with Crippen LogP contribution in [0.4, 0.5) is 5.69 Å². The van der Waals surface area contributed by atoms with Crippen LogP contribution in [-0.4, -0.2) is 29.6 Å². The maximum Gasteiger partial charge on any atom is 0.304 e. The van der Waals surface area contributed by atoms with Crippen molar-refractivity contribution in [3.63, 3.8) is 0 Å². The van der Waals surface area contributed by atoms with Crippen molar-refractivity contribution < 1.29 is 19.4 Å². The number of ether oxygens (including phenoxy) is 1. The van der Waals surface area contributed by atoms with E-state index in [1.807, 2.05) is 6.07 Å². The van der Waals surface area contributed by atoms with Crippen LogP contribution >= 0.6 is 0 Å². The third-order valence-electron chi connectivity index (χ3n) is 2.61. The number of rotatable bonds is 4. The van der Waals surface area contributed by atoms with E-state index < -0.39 is 12.0 Å². The number of amides is 1. The van der Waals surface area contributed by atoms with Gasteiger partial charge in [-0.15, -0.1) is 0 Å². The van der Waals surface area contributed by atoms with E-state index in [1.165, 1.54) is 0 Å². The van der Waals surface area contributed by atoms with Crippen molar-refractivity contribution >= 4 is 17.6 Å². The lowest BCUT2D eigenvalue weighted by atomic mass is 10.0. The summed E-state index contributed by atoms with van der Waals surface area (Å²) in [7, 11) is 0. The molecule has 96 valence electrons. The Morgan fingerprint density at radius 3 is 3.06 bits per heavy atom. The Hall–Kier alpha value is -2.08. The van der Waals surface area contributed by atoms with Crippen molar-refractivity contribution in [3.05, 3.63) is 23.8 Å². The molecular formula is C12H14N2O4. The zero-order valence-electron chi connectivity index (χ0n) is 9.68. The number of carbonyl (C=O) groups is 2. The highest BCUT2D eigenvalue weighted by atomic mass is 16.5. The van der Waals surface area contributed by atoms with Crippen molar-refractivity contribution in [1.82, 2.24) is 0 Å². The van der Waals surface area contributed by atoms with E-state index in [2.05, 4.69) is 5.32 Å². The van der Waals surface area contributed by atoms with Crippen LogP contribution in [0.25, 0.3) is 0 Å². The quantitative estimate of drug-likeness (QED) is 0.716. The molecule has 6 heteroatoms. The molecule has 1 amide bonds. The van der Waals surface area contributed by atoms with Gasteiger partial charge >= 0.3 is 5.97 Å². The summed E-state index contributed by atoms with van der Waals surface area (Å²) in [6.07, 6.45) is 0.357. The van der Waals surface area contributed by atoms with E-state index in [0.29, 0.717) is 17.9 Å². The Morgan fingerprint density at radius 1 is 1.56 bits per heavy atom. The van der Waals surface area contributed by atoms with Gasteiger partial charge in [0.05, 0.1) is 12.1 Å². The summed E-state index contributed by atoms with van der Waals surface area (Å²) < 4.78 is 5.22. The van der Waals surface area contributed by atoms with Crippen LogP contribution in [0, 0.1) is 0 Å². The molecule has 1 aromatic carbocycles. The fourth-order valence-electron chi connectivity index (χ4n) is 1.86. The third kappa shape index (κ3) is 2.98. The molecule has 0 saturated carbocycles. The lowest BCUT2D eigenvalue weighted by Crippen LogP contribution is -2.27. The van der Waals surface area contributed by atoms with Gasteiger partial charge < -0.3 is 20.9 Å². The second kappa shape index (κ2) is 5.05. The van der Waals surface area contributed by atoms with Gasteiger partial charge in [0.25, 0.3) is 5.91 Å². The smallest absolute Gasteiger partial charge is 0.304 e. The molecule has 4 N–H and O–H groups in total. The molecule has 0 fully saturated rings. The molecule has 1 aliphatic heterocycles. The summed E-state index contributed by atoms with van der Waals surface area (Å²) in [5.74, 6) is -0.503. The number of carbonyl (C=O) groups excluding carboxylic acids is 1. The summed E-state index contributed by atoms with van der Waals surface area (Å²) in [6, 6.07) is 4.88. The molecule has 0 bridgehead atoms. The molecule has 0 saturated heterocycles. The molecule has 1 unspecified atom stereocenters. The molecule has 1 heterocycles. The number of carboxylic acid groups (broad SMARTS) is 1. The Kier molecular flexibility index (Phi) is 3.47. The zero-order valence-corrected chi connectivity index (χ0v) is 9.68. The van der Waals surface area contributed by atoms with E-state index in [0.717, 1.165) is 5.56 Å². The van der Waals surface area contributed by atoms with Gasteiger partial charge in [0.2, 0.25) is 0 Å². The lowest BCUT2D eigenvalue weighted by Gasteiger charge is -2.19. The van der Waals surface area contributed by atoms with Gasteiger partial charge in [-0.05, 0) is 24.1 Å². The van der Waals surface area contributed by atoms with Crippen LogP contribution in [0.3, 0.4) is 0 Å². The Labute approximate surface area is 104 Å². The minimum atomic E-state index is -0.919. The molecule has 0 radical (unpaired) electrons. The van der Waals surface area contributed by atoms with Gasteiger partial charge in [-0.3, -0.25) is 9.59 Å². The molecule has 1 aliphatic rings. The Morgan fingerprint density at radius 2 is 2.33 bits per heavy atom. The van der Waals surface area contributed by atoms with Gasteiger partial charge in [0.1, 0.15) is 5.75 Å². The minimum Gasteiger partial charge on any atom is -0.482 e. The molecule has 0 spiro atoms. The predicted octanol–water partition coefficient (Wildman–Crippen LogP) is 0.362. The van der Waals surface area contributed by atoms with Crippen LogP contribution < -0.4 is 15.8 Å². The first kappa shape index (κ1) is 12.4. The van der Waals surface area contributed by atoms with Crippen molar-refractivity contribution in [1.29, 1.82) is 0 Å². The van der Waals surface area contributed by atoms with Crippen molar-refractivity contribution in [3.8, 4) is 5.75 Å². The molecule has 18 heavy (non-hydrogen) atoms. The van der Waals surface area contributed by atoms with E-state index in [9.17, 15) is 9.59 Å². The van der Waals surface area contributed by atoms with Crippen LogP contribution in [0.15, 0.2) is 18.2 Å². The maximum absolute atomic E-state index is 11.2. The van der Waals surface area contributed by atoms with E-state index in [4.69, 9.17) is 15.6 Å². The van der Waals surface area contributed by atoms with Crippen LogP contribution in [0.1, 0.15) is 12.0 Å². The summed E-state index contributed by atoms with van der Waals surface area (Å²) in [5.41, 5.74) is 7.18. The second-order valence-electron chi connectivity index (χ2n) is 4.23. The fraction of sp³-hybridized carbons (Fsp3) is 0.333. The number of aliphatic carboxylic acids is 1. The molecule has 6 nitrogen and oxygen atoms in total. The van der Waals surface area contributed by atoms with Crippen LogP contribution in [0.2, 0.25) is 0 Å². The standard InChI is InChI=1S/C12H14N2O4/c13-8(5-12(16)17)3-7-1-2-10-9(4-7)14-11(15)6-18-10/h1-2,4,8H,3,5-6,13H2,(H,14,15)(H,16,17). The maximum atomic E-state index is 11.2. The normalized spacial score (nSPS) is 15.3. The first-order chi connectivity index (χ1) is 8.54. The molecular weight excluding hydrogens is 236 g/mol. The first-order valence-corrected chi connectivity index (χ1v) is 5.57. The fourth-order valence-corrected chi connectivity index (χ4v) is 1.86. The van der Waals surface area contributed by atoms with Gasteiger partial charge in [-0.1, -0.05) is 6.07 Å². The highest BCUT2D eigenvalue weighted by molar-refractivity contribution is 5.95. The van der Waals surface area contributed by atoms with Gasteiger partial charge in [-0.25, -0.2) is 0 Å². The average molecular weight is 250 g/mol. The van der Waals surface area contributed by atoms with E-state index in [1.54, 1.807) is 12.1 Å². The van der Waals surface area contributed by atoms with Crippen molar-refractivity contribution in [2.24, 2.45) is 5.73 Å². The number of carboxylic acids is 1. The Bertz CT molecular complexity index is 487. The number of nitrogens with two attached hydrogens (primary N) is 1. The molecule has 1 atom stereocenters. The largest absolute Gasteiger partial charge is 0.482 e. The molecule has 2 rings (SSSR count). The topological polar surface area (TPSA) is 102 Å². The highest BCUT2D eigenvalue weighted by Crippen LogP contribution is 2.28. The monoisotopic (exact) mass is 250 g/mol. The molecule has 0 aliphatic carbocycles. The predicted molar refractivity (Wildman–Crippen MR) is 64.5 cm³/mol. The zero-order chi connectivity index (χ0) is 13.1. The van der Waals surface area contributed by atoms with E-state index >= 15 is 0 Å².